The van der Waals surface area contributed by atoms with Gasteiger partial charge >= 0.3 is 0 Å². The number of piperidine rings is 1. The van der Waals surface area contributed by atoms with Crippen molar-refractivity contribution in [2.45, 2.75) is 26.2 Å². The van der Waals surface area contributed by atoms with E-state index < -0.39 is 5.91 Å². The van der Waals surface area contributed by atoms with Crippen LogP contribution in [-0.2, 0) is 11.2 Å². The first kappa shape index (κ1) is 16.5. The second-order valence-electron chi connectivity index (χ2n) is 5.93. The lowest BCUT2D eigenvalue weighted by Gasteiger charge is -2.30. The molecular formula is C16H19N5O2S. The Balaban J connectivity index is 1.57. The van der Waals surface area contributed by atoms with Gasteiger partial charge in [-0.05, 0) is 24.8 Å². The molecule has 0 spiro atoms. The maximum absolute atomic E-state index is 12.3. The lowest BCUT2D eigenvalue weighted by atomic mass is 10.00. The van der Waals surface area contributed by atoms with Crippen molar-refractivity contribution in [1.82, 2.24) is 19.9 Å². The minimum absolute atomic E-state index is 0.0904. The largest absolute Gasteiger partial charge is 0.342 e. The minimum atomic E-state index is -0.410. The predicted octanol–water partition coefficient (Wildman–Crippen LogP) is 1.99. The van der Waals surface area contributed by atoms with E-state index in [0.29, 0.717) is 16.7 Å². The molecule has 1 saturated heterocycles. The highest BCUT2D eigenvalue weighted by atomic mass is 32.1. The predicted molar refractivity (Wildman–Crippen MR) is 90.8 cm³/mol. The van der Waals surface area contributed by atoms with E-state index in [1.54, 1.807) is 11.4 Å². The molecule has 1 fully saturated rings. The molecule has 0 saturated carbocycles. The highest BCUT2D eigenvalue weighted by Gasteiger charge is 2.22. The van der Waals surface area contributed by atoms with E-state index in [0.717, 1.165) is 19.5 Å². The molecule has 0 radical (unpaired) electrons. The molecule has 2 aromatic rings. The number of carbonyl (C=O) groups is 2. The van der Waals surface area contributed by atoms with Crippen LogP contribution in [0.3, 0.4) is 0 Å². The number of rotatable bonds is 4. The van der Waals surface area contributed by atoms with Crippen molar-refractivity contribution in [2.75, 3.05) is 18.4 Å². The lowest BCUT2D eigenvalue weighted by Crippen LogP contribution is -2.39. The summed E-state index contributed by atoms with van der Waals surface area (Å²) in [6.07, 6.45) is 5.52. The normalized spacial score (nSPS) is 17.5. The zero-order valence-corrected chi connectivity index (χ0v) is 14.3. The van der Waals surface area contributed by atoms with Gasteiger partial charge in [-0.3, -0.25) is 14.9 Å². The summed E-state index contributed by atoms with van der Waals surface area (Å²) in [7, 11) is 0. The molecule has 3 heterocycles. The molecule has 0 bridgehead atoms. The van der Waals surface area contributed by atoms with Crippen molar-refractivity contribution in [3.05, 3.63) is 35.4 Å². The third-order valence-electron chi connectivity index (χ3n) is 3.88. The number of aromatic nitrogens is 3. The van der Waals surface area contributed by atoms with Gasteiger partial charge in [-0.25, -0.2) is 15.0 Å². The molecule has 0 aromatic carbocycles. The van der Waals surface area contributed by atoms with E-state index in [1.165, 1.54) is 30.2 Å². The molecule has 126 valence electrons. The molecule has 1 atom stereocenters. The Labute approximate surface area is 144 Å². The third kappa shape index (κ3) is 4.14. The molecule has 1 N–H and O–H groups in total. The van der Waals surface area contributed by atoms with Gasteiger partial charge < -0.3 is 4.90 Å². The summed E-state index contributed by atoms with van der Waals surface area (Å²) in [6.45, 7) is 3.81. The van der Waals surface area contributed by atoms with Crippen molar-refractivity contribution in [3.8, 4) is 0 Å². The zero-order chi connectivity index (χ0) is 16.9. The monoisotopic (exact) mass is 345 g/mol. The van der Waals surface area contributed by atoms with Crippen LogP contribution in [0.5, 0.6) is 0 Å². The summed E-state index contributed by atoms with van der Waals surface area (Å²) >= 11 is 1.29. The number of hydrogen-bond acceptors (Lipinski definition) is 6. The van der Waals surface area contributed by atoms with Gasteiger partial charge in [-0.15, -0.1) is 11.3 Å². The van der Waals surface area contributed by atoms with E-state index in [4.69, 9.17) is 0 Å². The second-order valence-corrected chi connectivity index (χ2v) is 6.79. The summed E-state index contributed by atoms with van der Waals surface area (Å²) in [6, 6.07) is 1.64. The van der Waals surface area contributed by atoms with Crippen LogP contribution in [0.25, 0.3) is 0 Å². The first-order valence-corrected chi connectivity index (χ1v) is 8.80. The molecule has 1 aliphatic heterocycles. The van der Waals surface area contributed by atoms with Gasteiger partial charge in [-0.2, -0.15) is 0 Å². The number of nitrogens with one attached hydrogen (secondary N) is 1. The average Bonchev–Trinajstić information content (AvgIpc) is 3.02. The van der Waals surface area contributed by atoms with E-state index in [9.17, 15) is 9.59 Å². The molecular weight excluding hydrogens is 326 g/mol. The standard InChI is InChI=1S/C16H19N5O2S/c1-11-4-2-7-21(9-11)13(22)8-12-10-24-16(19-12)20-15(23)14-17-5-3-6-18-14/h3,5-6,10-11H,2,4,7-9H2,1H3,(H,19,20,23). The van der Waals surface area contributed by atoms with Gasteiger partial charge in [0.2, 0.25) is 11.7 Å². The molecule has 7 nitrogen and oxygen atoms in total. The van der Waals surface area contributed by atoms with Crippen molar-refractivity contribution in [1.29, 1.82) is 0 Å². The SMILES string of the molecule is CC1CCCN(C(=O)Cc2csc(NC(=O)c3ncccn3)n2)C1. The number of anilines is 1. The van der Waals surface area contributed by atoms with Crippen LogP contribution in [0.15, 0.2) is 23.8 Å². The third-order valence-corrected chi connectivity index (χ3v) is 4.69. The van der Waals surface area contributed by atoms with Crippen molar-refractivity contribution in [2.24, 2.45) is 5.92 Å². The van der Waals surface area contributed by atoms with Gasteiger partial charge in [0.25, 0.3) is 5.91 Å². The quantitative estimate of drug-likeness (QED) is 0.915. The first-order chi connectivity index (χ1) is 11.6. The van der Waals surface area contributed by atoms with Gasteiger partial charge in [0, 0.05) is 30.9 Å². The van der Waals surface area contributed by atoms with Crippen LogP contribution in [0.4, 0.5) is 5.13 Å². The topological polar surface area (TPSA) is 88.1 Å². The van der Waals surface area contributed by atoms with Crippen molar-refractivity contribution >= 4 is 28.3 Å². The molecule has 2 amide bonds. The fraction of sp³-hybridized carbons (Fsp3) is 0.438. The summed E-state index contributed by atoms with van der Waals surface area (Å²) in [4.78, 5) is 38.3. The summed E-state index contributed by atoms with van der Waals surface area (Å²) in [5.41, 5.74) is 0.674. The smallest absolute Gasteiger partial charge is 0.295 e. The number of hydrogen-bond donors (Lipinski definition) is 1. The summed E-state index contributed by atoms with van der Waals surface area (Å²) in [5, 5.41) is 4.90. The van der Waals surface area contributed by atoms with Gasteiger partial charge in [0.15, 0.2) is 5.13 Å². The molecule has 1 aliphatic rings. The van der Waals surface area contributed by atoms with Crippen LogP contribution >= 0.6 is 11.3 Å². The minimum Gasteiger partial charge on any atom is -0.342 e. The van der Waals surface area contributed by atoms with Crippen LogP contribution in [0.1, 0.15) is 36.1 Å². The second kappa shape index (κ2) is 7.48. The van der Waals surface area contributed by atoms with Crippen LogP contribution in [-0.4, -0.2) is 44.8 Å². The number of likely N-dealkylation sites (tertiary alicyclic amines) is 1. The molecule has 0 aliphatic carbocycles. The Hall–Kier alpha value is -2.35. The molecule has 8 heteroatoms. The van der Waals surface area contributed by atoms with Crippen molar-refractivity contribution < 1.29 is 9.59 Å². The maximum atomic E-state index is 12.3. The number of thiazole rings is 1. The Morgan fingerprint density at radius 2 is 2.17 bits per heavy atom. The fourth-order valence-electron chi connectivity index (χ4n) is 2.70. The molecule has 2 aromatic heterocycles. The average molecular weight is 345 g/mol. The number of carbonyl (C=O) groups excluding carboxylic acids is 2. The van der Waals surface area contributed by atoms with Crippen LogP contribution < -0.4 is 5.32 Å². The summed E-state index contributed by atoms with van der Waals surface area (Å²) in [5.74, 6) is 0.329. The molecule has 3 rings (SSSR count). The highest BCUT2D eigenvalue weighted by Crippen LogP contribution is 2.19. The maximum Gasteiger partial charge on any atom is 0.295 e. The number of amides is 2. The van der Waals surface area contributed by atoms with E-state index in [2.05, 4.69) is 27.2 Å². The van der Waals surface area contributed by atoms with Crippen LogP contribution in [0, 0.1) is 5.92 Å². The van der Waals surface area contributed by atoms with Gasteiger partial charge in [0.05, 0.1) is 12.1 Å². The van der Waals surface area contributed by atoms with Crippen molar-refractivity contribution in [3.63, 3.8) is 0 Å². The Kier molecular flexibility index (Phi) is 5.14. The lowest BCUT2D eigenvalue weighted by molar-refractivity contribution is -0.132. The Morgan fingerprint density at radius 1 is 1.38 bits per heavy atom. The molecule has 24 heavy (non-hydrogen) atoms. The van der Waals surface area contributed by atoms with Gasteiger partial charge in [-0.1, -0.05) is 6.92 Å². The van der Waals surface area contributed by atoms with Crippen LogP contribution in [0.2, 0.25) is 0 Å². The highest BCUT2D eigenvalue weighted by molar-refractivity contribution is 7.14. The fourth-order valence-corrected chi connectivity index (χ4v) is 3.40. The first-order valence-electron chi connectivity index (χ1n) is 7.92. The Morgan fingerprint density at radius 3 is 2.92 bits per heavy atom. The number of nitrogens with zero attached hydrogens (tertiary/aromatic N) is 4. The molecule has 1 unspecified atom stereocenters. The zero-order valence-electron chi connectivity index (χ0n) is 13.4. The van der Waals surface area contributed by atoms with E-state index >= 15 is 0 Å². The summed E-state index contributed by atoms with van der Waals surface area (Å²) < 4.78 is 0. The Bertz CT molecular complexity index is 718. The van der Waals surface area contributed by atoms with Gasteiger partial charge in [0.1, 0.15) is 0 Å². The van der Waals surface area contributed by atoms with E-state index in [1.807, 2.05) is 4.90 Å². The van der Waals surface area contributed by atoms with E-state index in [-0.39, 0.29) is 18.2 Å².